The van der Waals surface area contributed by atoms with E-state index in [1.165, 1.54) is 33.3 Å². The molecule has 1 unspecified atom stereocenters. The highest BCUT2D eigenvalue weighted by atomic mass is 19.1. The number of ketones is 1. The number of aliphatic imine (C=N–C) groups is 1. The van der Waals surface area contributed by atoms with Crippen LogP contribution in [0.2, 0.25) is 0 Å². The highest BCUT2D eigenvalue weighted by molar-refractivity contribution is 6.45. The number of fused-ring (bicyclic) bond motifs is 1. The first-order valence-electron chi connectivity index (χ1n) is 11.0. The van der Waals surface area contributed by atoms with Crippen LogP contribution in [0.25, 0.3) is 0 Å². The van der Waals surface area contributed by atoms with Crippen molar-refractivity contribution in [3.8, 4) is 0 Å². The molecule has 2 amide bonds. The van der Waals surface area contributed by atoms with Crippen molar-refractivity contribution in [3.05, 3.63) is 41.4 Å². The lowest BCUT2D eigenvalue weighted by Crippen LogP contribution is -2.48. The zero-order valence-electron chi connectivity index (χ0n) is 19.2. The van der Waals surface area contributed by atoms with Crippen molar-refractivity contribution in [2.45, 2.75) is 25.5 Å². The molecule has 2 aromatic rings. The number of Topliss-reactive ketones (excluding diaryl/α,β-unsaturated/α-hetero) is 1. The number of nitrogens with zero attached hydrogens (tertiary/aromatic N) is 4. The van der Waals surface area contributed by atoms with E-state index in [2.05, 4.69) is 15.5 Å². The summed E-state index contributed by atoms with van der Waals surface area (Å²) in [4.78, 5) is 45.0. The maximum Gasteiger partial charge on any atom is 0.298 e. The average molecular weight is 471 g/mol. The number of methoxy groups -OCH3 is 1. The molecule has 0 bridgehead atoms. The van der Waals surface area contributed by atoms with Gasteiger partial charge in [0.25, 0.3) is 17.6 Å². The summed E-state index contributed by atoms with van der Waals surface area (Å²) in [7, 11) is 4.31. The summed E-state index contributed by atoms with van der Waals surface area (Å²) >= 11 is 0. The van der Waals surface area contributed by atoms with Crippen LogP contribution in [0.1, 0.15) is 29.0 Å². The van der Waals surface area contributed by atoms with E-state index in [9.17, 15) is 18.8 Å². The predicted octanol–water partition coefficient (Wildman–Crippen LogP) is 2.04. The maximum absolute atomic E-state index is 13.3. The van der Waals surface area contributed by atoms with Crippen molar-refractivity contribution in [1.82, 2.24) is 15.0 Å². The molecule has 1 atom stereocenters. The quantitative estimate of drug-likeness (QED) is 0.506. The van der Waals surface area contributed by atoms with E-state index in [0.717, 1.165) is 29.7 Å². The number of anilines is 1. The van der Waals surface area contributed by atoms with Gasteiger partial charge in [0.15, 0.2) is 23.4 Å². The van der Waals surface area contributed by atoms with Gasteiger partial charge in [-0.1, -0.05) is 17.3 Å². The highest BCUT2D eigenvalue weighted by Crippen LogP contribution is 2.34. The molecule has 1 aromatic heterocycles. The molecule has 0 saturated carbocycles. The van der Waals surface area contributed by atoms with Gasteiger partial charge in [0.05, 0.1) is 0 Å². The van der Waals surface area contributed by atoms with Crippen LogP contribution < -0.4 is 5.32 Å². The van der Waals surface area contributed by atoms with Crippen molar-refractivity contribution < 1.29 is 28.0 Å². The van der Waals surface area contributed by atoms with E-state index in [0.29, 0.717) is 19.0 Å². The minimum atomic E-state index is -0.909. The topological polar surface area (TPSA) is 117 Å². The Kier molecular flexibility index (Phi) is 6.73. The van der Waals surface area contributed by atoms with Crippen molar-refractivity contribution in [1.29, 1.82) is 0 Å². The van der Waals surface area contributed by atoms with Gasteiger partial charge in [0.2, 0.25) is 5.76 Å². The first-order valence-corrected chi connectivity index (χ1v) is 11.0. The molecule has 4 rings (SSSR count). The molecule has 3 heterocycles. The number of halogens is 1. The van der Waals surface area contributed by atoms with E-state index < -0.39 is 17.9 Å². The average Bonchev–Trinajstić information content (AvgIpc) is 3.26. The van der Waals surface area contributed by atoms with Crippen molar-refractivity contribution in [2.24, 2.45) is 10.9 Å². The second-order valence-corrected chi connectivity index (χ2v) is 8.56. The lowest BCUT2D eigenvalue weighted by atomic mass is 9.90. The second-order valence-electron chi connectivity index (χ2n) is 8.56. The monoisotopic (exact) mass is 471 g/mol. The largest absolute Gasteiger partial charge is 0.356 e. The number of carbonyl (C=O) groups is 3. The number of nitrogens with one attached hydrogen (secondary N) is 1. The van der Waals surface area contributed by atoms with Gasteiger partial charge in [-0.3, -0.25) is 14.4 Å². The molecule has 1 aromatic carbocycles. The summed E-state index contributed by atoms with van der Waals surface area (Å²) in [6.07, 6.45) is 1.53. The molecule has 11 heteroatoms. The fraction of sp³-hybridized carbons (Fsp3) is 0.435. The molecular weight excluding hydrogens is 445 g/mol. The molecule has 0 spiro atoms. The molecule has 1 fully saturated rings. The standard InChI is InChI=1S/C23H26FN5O5/c1-28(2)23(32)18(30)19-16-20(27-34-19)26-21(33-3)17(25-16)22(31)29-10-8-14(9-11-29)12-13-4-6-15(24)7-5-13/h4-7,14,21H,8-12H2,1-3H3,(H,26,27). The third kappa shape index (κ3) is 4.69. The Balaban J connectivity index is 1.48. The summed E-state index contributed by atoms with van der Waals surface area (Å²) < 4.78 is 23.6. The fourth-order valence-corrected chi connectivity index (χ4v) is 4.09. The highest BCUT2D eigenvalue weighted by Gasteiger charge is 2.38. The van der Waals surface area contributed by atoms with Crippen LogP contribution in [-0.4, -0.2) is 78.8 Å². The number of piperidine rings is 1. The fourth-order valence-electron chi connectivity index (χ4n) is 4.09. The van der Waals surface area contributed by atoms with Crippen LogP contribution >= 0.6 is 0 Å². The van der Waals surface area contributed by atoms with Gasteiger partial charge in [-0.05, 0) is 42.9 Å². The molecular formula is C23H26FN5O5. The lowest BCUT2D eigenvalue weighted by Gasteiger charge is -2.34. The number of carbonyl (C=O) groups excluding carboxylic acids is 3. The number of amides is 2. The summed E-state index contributed by atoms with van der Waals surface area (Å²) in [6.45, 7) is 1.06. The Morgan fingerprint density at radius 3 is 2.50 bits per heavy atom. The number of aromatic nitrogens is 1. The number of hydrogen-bond acceptors (Lipinski definition) is 8. The minimum absolute atomic E-state index is 0.00282. The van der Waals surface area contributed by atoms with Gasteiger partial charge in [0, 0.05) is 34.3 Å². The van der Waals surface area contributed by atoms with Gasteiger partial charge in [-0.2, -0.15) is 0 Å². The zero-order chi connectivity index (χ0) is 24.4. The van der Waals surface area contributed by atoms with Crippen molar-refractivity contribution in [3.63, 3.8) is 0 Å². The normalized spacial score (nSPS) is 18.1. The molecule has 0 aliphatic carbocycles. The van der Waals surface area contributed by atoms with Crippen LogP contribution in [-0.2, 0) is 20.7 Å². The van der Waals surface area contributed by atoms with Gasteiger partial charge in [-0.25, -0.2) is 9.38 Å². The Morgan fingerprint density at radius 1 is 1.21 bits per heavy atom. The van der Waals surface area contributed by atoms with Gasteiger partial charge >= 0.3 is 0 Å². The van der Waals surface area contributed by atoms with Crippen LogP contribution in [0.3, 0.4) is 0 Å². The van der Waals surface area contributed by atoms with E-state index in [4.69, 9.17) is 9.26 Å². The first-order chi connectivity index (χ1) is 16.3. The number of hydrogen-bond donors (Lipinski definition) is 1. The Hall–Kier alpha value is -3.60. The smallest absolute Gasteiger partial charge is 0.298 e. The van der Waals surface area contributed by atoms with Crippen molar-refractivity contribution >= 4 is 34.8 Å². The number of ether oxygens (including phenoxy) is 1. The van der Waals surface area contributed by atoms with Crippen LogP contribution in [0.4, 0.5) is 15.9 Å². The van der Waals surface area contributed by atoms with Gasteiger partial charge in [0.1, 0.15) is 5.82 Å². The number of benzene rings is 1. The summed E-state index contributed by atoms with van der Waals surface area (Å²) in [6, 6.07) is 6.48. The molecule has 2 aliphatic rings. The maximum atomic E-state index is 13.3. The Labute approximate surface area is 195 Å². The molecule has 1 saturated heterocycles. The lowest BCUT2D eigenvalue weighted by molar-refractivity contribution is -0.126. The Bertz CT molecular complexity index is 1120. The number of likely N-dealkylation sites (tertiary alicyclic amines) is 1. The third-order valence-corrected chi connectivity index (χ3v) is 6.02. The number of rotatable bonds is 6. The predicted molar refractivity (Wildman–Crippen MR) is 120 cm³/mol. The van der Waals surface area contributed by atoms with E-state index >= 15 is 0 Å². The zero-order valence-corrected chi connectivity index (χ0v) is 19.2. The Morgan fingerprint density at radius 2 is 1.88 bits per heavy atom. The molecule has 1 N–H and O–H groups in total. The van der Waals surface area contributed by atoms with E-state index in [1.54, 1.807) is 17.0 Å². The van der Waals surface area contributed by atoms with Gasteiger partial charge in [-0.15, -0.1) is 0 Å². The third-order valence-electron chi connectivity index (χ3n) is 6.02. The first kappa shape index (κ1) is 23.6. The molecule has 10 nitrogen and oxygen atoms in total. The van der Waals surface area contributed by atoms with Crippen molar-refractivity contribution in [2.75, 3.05) is 39.6 Å². The minimum Gasteiger partial charge on any atom is -0.356 e. The van der Waals surface area contributed by atoms with Crippen LogP contribution in [0.15, 0.2) is 33.8 Å². The summed E-state index contributed by atoms with van der Waals surface area (Å²) in [5.41, 5.74) is 1.13. The van der Waals surface area contributed by atoms with E-state index in [-0.39, 0.29) is 34.7 Å². The summed E-state index contributed by atoms with van der Waals surface area (Å²) in [5, 5.41) is 6.66. The summed E-state index contributed by atoms with van der Waals surface area (Å²) in [5.74, 6) is -2.12. The second kappa shape index (κ2) is 9.72. The molecule has 180 valence electrons. The molecule has 0 radical (unpaired) electrons. The van der Waals surface area contributed by atoms with E-state index in [1.807, 2.05) is 0 Å². The molecule has 34 heavy (non-hydrogen) atoms. The molecule has 2 aliphatic heterocycles. The van der Waals surface area contributed by atoms with Crippen LogP contribution in [0, 0.1) is 11.7 Å². The SMILES string of the molecule is COC1Nc2noc(C(=O)C(=O)N(C)C)c2N=C1C(=O)N1CCC(Cc2ccc(F)cc2)CC1. The number of likely N-dealkylation sites (N-methyl/N-ethyl adjacent to an activating group) is 1. The van der Waals surface area contributed by atoms with Gasteiger partial charge < -0.3 is 24.4 Å². The van der Waals surface area contributed by atoms with Crippen LogP contribution in [0.5, 0.6) is 0 Å².